The molecule has 0 aliphatic carbocycles. The van der Waals surface area contributed by atoms with E-state index in [2.05, 4.69) is 10.3 Å². The monoisotopic (exact) mass is 459 g/mol. The van der Waals surface area contributed by atoms with Gasteiger partial charge in [-0.05, 0) is 73.9 Å². The molecule has 3 aromatic rings. The molecule has 4 rings (SSSR count). The van der Waals surface area contributed by atoms with Gasteiger partial charge < -0.3 is 5.32 Å². The summed E-state index contributed by atoms with van der Waals surface area (Å²) in [6.07, 6.45) is 1.78. The van der Waals surface area contributed by atoms with Crippen LogP contribution in [0.3, 0.4) is 0 Å². The van der Waals surface area contributed by atoms with E-state index in [0.717, 1.165) is 23.8 Å². The Kier molecular flexibility index (Phi) is 6.27. The first kappa shape index (κ1) is 21.7. The molecule has 2 heterocycles. The number of amides is 1. The number of thioether (sulfide) groups is 1. The SMILES string of the molecule is Cc1cc(SCC(=O)Nc2ccc(F)cc2)nc2ccc(S(=O)(=O)N3CCCC3)cc12. The van der Waals surface area contributed by atoms with Gasteiger partial charge in [-0.15, -0.1) is 0 Å². The van der Waals surface area contributed by atoms with Crippen LogP contribution in [-0.4, -0.2) is 42.5 Å². The molecule has 0 radical (unpaired) electrons. The summed E-state index contributed by atoms with van der Waals surface area (Å²) in [7, 11) is -3.49. The molecule has 0 atom stereocenters. The van der Waals surface area contributed by atoms with Crippen LogP contribution in [0.25, 0.3) is 10.9 Å². The van der Waals surface area contributed by atoms with Gasteiger partial charge in [0.2, 0.25) is 15.9 Å². The zero-order valence-corrected chi connectivity index (χ0v) is 18.6. The Morgan fingerprint density at radius 3 is 2.55 bits per heavy atom. The summed E-state index contributed by atoms with van der Waals surface area (Å²) in [5.74, 6) is -0.431. The van der Waals surface area contributed by atoms with E-state index in [9.17, 15) is 17.6 Å². The van der Waals surface area contributed by atoms with Crippen molar-refractivity contribution in [3.63, 3.8) is 0 Å². The van der Waals surface area contributed by atoms with Crippen LogP contribution in [0.15, 0.2) is 58.5 Å². The highest BCUT2D eigenvalue weighted by molar-refractivity contribution is 7.99. The van der Waals surface area contributed by atoms with E-state index >= 15 is 0 Å². The number of fused-ring (bicyclic) bond motifs is 1. The summed E-state index contributed by atoms with van der Waals surface area (Å²) < 4.78 is 40.2. The van der Waals surface area contributed by atoms with Crippen LogP contribution in [0.2, 0.25) is 0 Å². The molecule has 0 saturated carbocycles. The van der Waals surface area contributed by atoms with Crippen molar-refractivity contribution in [2.75, 3.05) is 24.2 Å². The number of aromatic nitrogens is 1. The van der Waals surface area contributed by atoms with Crippen molar-refractivity contribution < 1.29 is 17.6 Å². The lowest BCUT2D eigenvalue weighted by Gasteiger charge is -2.16. The van der Waals surface area contributed by atoms with Crippen molar-refractivity contribution in [3.05, 3.63) is 59.9 Å². The number of carbonyl (C=O) groups is 1. The van der Waals surface area contributed by atoms with Crippen molar-refractivity contribution in [1.82, 2.24) is 9.29 Å². The zero-order chi connectivity index (χ0) is 22.0. The fraction of sp³-hybridized carbons (Fsp3) is 0.273. The second-order valence-corrected chi connectivity index (χ2v) is 10.3. The average Bonchev–Trinajstić information content (AvgIpc) is 3.30. The standard InChI is InChI=1S/C22H22FN3O3S2/c1-15-12-22(30-14-21(27)24-17-6-4-16(23)5-7-17)25-20-9-8-18(13-19(15)20)31(28,29)26-10-2-3-11-26/h4-9,12-13H,2-3,10-11,14H2,1H3,(H,24,27). The predicted octanol–water partition coefficient (Wildman–Crippen LogP) is 4.20. The number of nitrogens with zero attached hydrogens (tertiary/aromatic N) is 2. The molecule has 1 amide bonds. The number of pyridine rings is 1. The van der Waals surface area contributed by atoms with Gasteiger partial charge in [-0.2, -0.15) is 4.31 Å². The first-order valence-electron chi connectivity index (χ1n) is 9.93. The van der Waals surface area contributed by atoms with Gasteiger partial charge in [0.1, 0.15) is 5.82 Å². The molecule has 31 heavy (non-hydrogen) atoms. The number of benzene rings is 2. The minimum atomic E-state index is -3.49. The Morgan fingerprint density at radius 2 is 1.84 bits per heavy atom. The largest absolute Gasteiger partial charge is 0.325 e. The molecule has 0 unspecified atom stereocenters. The molecule has 162 valence electrons. The smallest absolute Gasteiger partial charge is 0.243 e. The van der Waals surface area contributed by atoms with E-state index in [4.69, 9.17) is 0 Å². The average molecular weight is 460 g/mol. The summed E-state index contributed by atoms with van der Waals surface area (Å²) in [5, 5.41) is 4.17. The van der Waals surface area contributed by atoms with Crippen LogP contribution in [-0.2, 0) is 14.8 Å². The maximum atomic E-state index is 13.0. The number of aryl methyl sites for hydroxylation is 1. The van der Waals surface area contributed by atoms with Crippen LogP contribution in [0.5, 0.6) is 0 Å². The number of carbonyl (C=O) groups excluding carboxylic acids is 1. The van der Waals surface area contributed by atoms with E-state index in [0.29, 0.717) is 29.3 Å². The summed E-state index contributed by atoms with van der Waals surface area (Å²) >= 11 is 1.29. The van der Waals surface area contributed by atoms with Crippen molar-refractivity contribution in [3.8, 4) is 0 Å². The lowest BCUT2D eigenvalue weighted by molar-refractivity contribution is -0.113. The fourth-order valence-corrected chi connectivity index (χ4v) is 5.84. The molecule has 1 N–H and O–H groups in total. The first-order chi connectivity index (χ1) is 14.8. The summed E-state index contributed by atoms with van der Waals surface area (Å²) in [4.78, 5) is 17.0. The molecule has 1 aliphatic heterocycles. The Bertz CT molecular complexity index is 1220. The number of anilines is 1. The van der Waals surface area contributed by atoms with Crippen LogP contribution < -0.4 is 5.32 Å². The number of hydrogen-bond donors (Lipinski definition) is 1. The highest BCUT2D eigenvalue weighted by atomic mass is 32.2. The summed E-state index contributed by atoms with van der Waals surface area (Å²) in [6.45, 7) is 3.03. The van der Waals surface area contributed by atoms with Crippen molar-refractivity contribution in [2.24, 2.45) is 0 Å². The third-order valence-corrected chi connectivity index (χ3v) is 7.95. The molecule has 1 aromatic heterocycles. The molecular weight excluding hydrogens is 437 g/mol. The second kappa shape index (κ2) is 8.94. The topological polar surface area (TPSA) is 79.4 Å². The fourth-order valence-electron chi connectivity index (χ4n) is 3.52. The van der Waals surface area contributed by atoms with E-state index < -0.39 is 10.0 Å². The summed E-state index contributed by atoms with van der Waals surface area (Å²) in [5.41, 5.74) is 2.10. The predicted molar refractivity (Wildman–Crippen MR) is 120 cm³/mol. The molecule has 0 spiro atoms. The number of rotatable bonds is 6. The Labute approximate surface area is 184 Å². The molecule has 6 nitrogen and oxygen atoms in total. The maximum Gasteiger partial charge on any atom is 0.243 e. The highest BCUT2D eigenvalue weighted by Crippen LogP contribution is 2.28. The van der Waals surface area contributed by atoms with Gasteiger partial charge in [0.05, 0.1) is 21.2 Å². The Hall–Kier alpha value is -2.49. The maximum absolute atomic E-state index is 13.0. The van der Waals surface area contributed by atoms with Crippen LogP contribution in [0.4, 0.5) is 10.1 Å². The van der Waals surface area contributed by atoms with Gasteiger partial charge in [0.25, 0.3) is 0 Å². The van der Waals surface area contributed by atoms with E-state index in [-0.39, 0.29) is 22.4 Å². The zero-order valence-electron chi connectivity index (χ0n) is 17.0. The second-order valence-electron chi connectivity index (χ2n) is 7.41. The normalized spacial score (nSPS) is 14.8. The molecule has 1 aliphatic rings. The number of sulfonamides is 1. The van der Waals surface area contributed by atoms with E-state index in [1.807, 2.05) is 13.0 Å². The minimum absolute atomic E-state index is 0.150. The van der Waals surface area contributed by atoms with Gasteiger partial charge >= 0.3 is 0 Å². The molecule has 1 saturated heterocycles. The third-order valence-electron chi connectivity index (χ3n) is 5.15. The highest BCUT2D eigenvalue weighted by Gasteiger charge is 2.27. The summed E-state index contributed by atoms with van der Waals surface area (Å²) in [6, 6.07) is 12.4. The van der Waals surface area contributed by atoms with Gasteiger partial charge in [-0.25, -0.2) is 17.8 Å². The van der Waals surface area contributed by atoms with Gasteiger partial charge in [-0.3, -0.25) is 4.79 Å². The lowest BCUT2D eigenvalue weighted by Crippen LogP contribution is -2.27. The molecule has 0 bridgehead atoms. The number of halogens is 1. The number of nitrogens with one attached hydrogen (secondary N) is 1. The third kappa shape index (κ3) is 4.89. The molecule has 1 fully saturated rings. The van der Waals surface area contributed by atoms with Crippen LogP contribution in [0.1, 0.15) is 18.4 Å². The van der Waals surface area contributed by atoms with Gasteiger partial charge in [0.15, 0.2) is 0 Å². The lowest BCUT2D eigenvalue weighted by atomic mass is 10.1. The van der Waals surface area contributed by atoms with Crippen LogP contribution >= 0.6 is 11.8 Å². The molecular formula is C22H22FN3O3S2. The quantitative estimate of drug-likeness (QED) is 0.559. The minimum Gasteiger partial charge on any atom is -0.325 e. The number of hydrogen-bond acceptors (Lipinski definition) is 5. The van der Waals surface area contributed by atoms with Gasteiger partial charge in [0, 0.05) is 24.2 Å². The van der Waals surface area contributed by atoms with Crippen molar-refractivity contribution in [2.45, 2.75) is 29.7 Å². The Morgan fingerprint density at radius 1 is 1.13 bits per heavy atom. The molecule has 2 aromatic carbocycles. The van der Waals surface area contributed by atoms with E-state index in [1.165, 1.54) is 40.3 Å². The molecule has 9 heteroatoms. The Balaban J connectivity index is 1.48. The first-order valence-corrected chi connectivity index (χ1v) is 12.4. The van der Waals surface area contributed by atoms with E-state index in [1.54, 1.807) is 18.2 Å². The van der Waals surface area contributed by atoms with Gasteiger partial charge in [-0.1, -0.05) is 11.8 Å². The van der Waals surface area contributed by atoms with Crippen molar-refractivity contribution >= 4 is 44.3 Å². The van der Waals surface area contributed by atoms with Crippen LogP contribution in [0, 0.1) is 12.7 Å². The van der Waals surface area contributed by atoms with Crippen molar-refractivity contribution in [1.29, 1.82) is 0 Å².